The molecule has 1 N–H and O–H groups in total. The summed E-state index contributed by atoms with van der Waals surface area (Å²) in [6, 6.07) is 0. The first kappa shape index (κ1) is 7.18. The summed E-state index contributed by atoms with van der Waals surface area (Å²) in [5.41, 5.74) is -2.30. The van der Waals surface area contributed by atoms with E-state index in [1.54, 1.807) is 0 Å². The van der Waals surface area contributed by atoms with Crippen LogP contribution in [0.3, 0.4) is 0 Å². The van der Waals surface area contributed by atoms with Crippen molar-refractivity contribution in [2.24, 2.45) is 23.7 Å². The highest BCUT2D eigenvalue weighted by Gasteiger charge is 2.83. The molecule has 4 aliphatic rings. The van der Waals surface area contributed by atoms with Crippen LogP contribution in [-0.2, 0) is 0 Å². The summed E-state index contributed by atoms with van der Waals surface area (Å²) >= 11 is 0. The van der Waals surface area contributed by atoms with Gasteiger partial charge >= 0.3 is 6.18 Å². The highest BCUT2D eigenvalue weighted by atomic mass is 19.4. The van der Waals surface area contributed by atoms with Gasteiger partial charge in [0.05, 0.1) is 0 Å². The van der Waals surface area contributed by atoms with Crippen LogP contribution in [0.5, 0.6) is 0 Å². The largest absolute Gasteiger partial charge is 0.417 e. The van der Waals surface area contributed by atoms with Crippen LogP contribution in [0.25, 0.3) is 0 Å². The van der Waals surface area contributed by atoms with Crippen molar-refractivity contribution in [3.63, 3.8) is 0 Å². The van der Waals surface area contributed by atoms with Crippen molar-refractivity contribution in [3.05, 3.63) is 0 Å². The van der Waals surface area contributed by atoms with Gasteiger partial charge in [-0.3, -0.25) is 0 Å². The van der Waals surface area contributed by atoms with E-state index in [-0.39, 0.29) is 11.8 Å². The highest BCUT2D eigenvalue weighted by Crippen LogP contribution is 2.77. The second kappa shape index (κ2) is 1.54. The molecule has 4 heteroatoms. The third-order valence-corrected chi connectivity index (χ3v) is 4.03. The van der Waals surface area contributed by atoms with Crippen molar-refractivity contribution >= 4 is 0 Å². The zero-order chi connectivity index (χ0) is 8.72. The SMILES string of the molecule is OC1(C(F)(F)F)C2CC3C(C2)C31. The fourth-order valence-electron chi connectivity index (χ4n) is 3.55. The molecule has 1 nitrogen and oxygen atoms in total. The lowest BCUT2D eigenvalue weighted by molar-refractivity contribution is -0.274. The van der Waals surface area contributed by atoms with Gasteiger partial charge in [0.25, 0.3) is 0 Å². The molecule has 0 radical (unpaired) electrons. The van der Waals surface area contributed by atoms with Gasteiger partial charge in [0.1, 0.15) is 0 Å². The smallest absolute Gasteiger partial charge is 0.380 e. The van der Waals surface area contributed by atoms with Crippen molar-refractivity contribution in [3.8, 4) is 0 Å². The van der Waals surface area contributed by atoms with Crippen molar-refractivity contribution in [1.82, 2.24) is 0 Å². The molecule has 0 heterocycles. The quantitative estimate of drug-likeness (QED) is 0.596. The Hall–Kier alpha value is -0.250. The molecule has 0 aromatic heterocycles. The van der Waals surface area contributed by atoms with Gasteiger partial charge in [-0.25, -0.2) is 0 Å². The molecule has 0 amide bonds. The van der Waals surface area contributed by atoms with Gasteiger partial charge in [0.2, 0.25) is 0 Å². The molecule has 3 unspecified atom stereocenters. The second-order valence-electron chi connectivity index (χ2n) is 4.34. The van der Waals surface area contributed by atoms with E-state index in [4.69, 9.17) is 0 Å². The summed E-state index contributed by atoms with van der Waals surface area (Å²) in [5.74, 6) is -0.539. The second-order valence-corrected chi connectivity index (χ2v) is 4.34. The Morgan fingerprint density at radius 1 is 1.17 bits per heavy atom. The summed E-state index contributed by atoms with van der Waals surface area (Å²) in [7, 11) is 0. The molecular formula is C8H9F3O. The molecule has 4 aliphatic carbocycles. The molecule has 68 valence electrons. The number of alkyl halides is 3. The average Bonchev–Trinajstić information content (AvgIpc) is 2.34. The molecule has 3 atom stereocenters. The maximum absolute atomic E-state index is 12.4. The van der Waals surface area contributed by atoms with Gasteiger partial charge in [0.15, 0.2) is 5.60 Å². The monoisotopic (exact) mass is 178 g/mol. The van der Waals surface area contributed by atoms with Gasteiger partial charge in [-0.15, -0.1) is 0 Å². The molecule has 4 fully saturated rings. The molecule has 0 aliphatic heterocycles. The molecular weight excluding hydrogens is 169 g/mol. The van der Waals surface area contributed by atoms with E-state index in [9.17, 15) is 18.3 Å². The number of aliphatic hydroxyl groups is 1. The van der Waals surface area contributed by atoms with Crippen LogP contribution in [0.4, 0.5) is 13.2 Å². The van der Waals surface area contributed by atoms with Crippen molar-refractivity contribution in [2.45, 2.75) is 24.6 Å². The van der Waals surface area contributed by atoms with Crippen LogP contribution in [-0.4, -0.2) is 16.9 Å². The first-order valence-corrected chi connectivity index (χ1v) is 4.25. The van der Waals surface area contributed by atoms with Crippen molar-refractivity contribution in [2.75, 3.05) is 0 Å². The van der Waals surface area contributed by atoms with Crippen LogP contribution < -0.4 is 0 Å². The van der Waals surface area contributed by atoms with E-state index in [2.05, 4.69) is 0 Å². The number of halogens is 3. The molecule has 0 saturated heterocycles. The van der Waals surface area contributed by atoms with Gasteiger partial charge in [0, 0.05) is 5.92 Å². The zero-order valence-electron chi connectivity index (χ0n) is 6.30. The van der Waals surface area contributed by atoms with E-state index in [1.165, 1.54) is 0 Å². The molecule has 4 saturated carbocycles. The van der Waals surface area contributed by atoms with E-state index >= 15 is 0 Å². The Labute approximate surface area is 67.6 Å². The summed E-state index contributed by atoms with van der Waals surface area (Å²) in [4.78, 5) is 0. The summed E-state index contributed by atoms with van der Waals surface area (Å²) in [5, 5.41) is 9.52. The van der Waals surface area contributed by atoms with Crippen LogP contribution >= 0.6 is 0 Å². The minimum Gasteiger partial charge on any atom is -0.380 e. The van der Waals surface area contributed by atoms with Crippen molar-refractivity contribution in [1.29, 1.82) is 0 Å². The van der Waals surface area contributed by atoms with Crippen LogP contribution in [0.15, 0.2) is 0 Å². The van der Waals surface area contributed by atoms with Gasteiger partial charge in [-0.2, -0.15) is 13.2 Å². The summed E-state index contributed by atoms with van der Waals surface area (Å²) in [6.07, 6.45) is -3.20. The molecule has 0 aromatic carbocycles. The Morgan fingerprint density at radius 2 is 1.67 bits per heavy atom. The minimum atomic E-state index is -4.40. The maximum Gasteiger partial charge on any atom is 0.417 e. The van der Waals surface area contributed by atoms with E-state index in [0.29, 0.717) is 12.8 Å². The first-order valence-electron chi connectivity index (χ1n) is 4.25. The number of rotatable bonds is 0. The lowest BCUT2D eigenvalue weighted by Gasteiger charge is -2.29. The number of hydrogen-bond donors (Lipinski definition) is 1. The Morgan fingerprint density at radius 3 is 1.83 bits per heavy atom. The van der Waals surface area contributed by atoms with Gasteiger partial charge < -0.3 is 5.11 Å². The maximum atomic E-state index is 12.4. The van der Waals surface area contributed by atoms with Crippen LogP contribution in [0, 0.1) is 23.7 Å². The fraction of sp³-hybridized carbons (Fsp3) is 1.00. The predicted octanol–water partition coefficient (Wildman–Crippen LogP) is 1.57. The topological polar surface area (TPSA) is 20.2 Å². The first-order chi connectivity index (χ1) is 5.46. The molecule has 0 aromatic rings. The Kier molecular flexibility index (Phi) is 0.922. The van der Waals surface area contributed by atoms with Crippen LogP contribution in [0.2, 0.25) is 0 Å². The predicted molar refractivity (Wildman–Crippen MR) is 34.2 cm³/mol. The van der Waals surface area contributed by atoms with E-state index < -0.39 is 23.6 Å². The summed E-state index contributed by atoms with van der Waals surface area (Å²) < 4.78 is 37.3. The highest BCUT2D eigenvalue weighted by molar-refractivity contribution is 5.26. The Balaban J connectivity index is 2.03. The molecule has 12 heavy (non-hydrogen) atoms. The van der Waals surface area contributed by atoms with Gasteiger partial charge in [-0.05, 0) is 30.6 Å². The van der Waals surface area contributed by atoms with E-state index in [0.717, 1.165) is 0 Å². The average molecular weight is 178 g/mol. The third-order valence-electron chi connectivity index (χ3n) is 4.03. The van der Waals surface area contributed by atoms with E-state index in [1.807, 2.05) is 0 Å². The third kappa shape index (κ3) is 0.497. The molecule has 4 bridgehead atoms. The number of hydrogen-bond acceptors (Lipinski definition) is 1. The zero-order valence-corrected chi connectivity index (χ0v) is 6.30. The van der Waals surface area contributed by atoms with Crippen LogP contribution in [0.1, 0.15) is 12.8 Å². The standard InChI is InChI=1S/C8H9F3O/c9-8(10,11)7(12)3-1-4-5(2-3)6(4)7/h3-6,12H,1-2H2. The van der Waals surface area contributed by atoms with Crippen molar-refractivity contribution < 1.29 is 18.3 Å². The lowest BCUT2D eigenvalue weighted by Crippen LogP contribution is -2.48. The Bertz CT molecular complexity index is 233. The van der Waals surface area contributed by atoms with Gasteiger partial charge in [-0.1, -0.05) is 0 Å². The lowest BCUT2D eigenvalue weighted by atomic mass is 9.92. The minimum absolute atomic E-state index is 0.196. The fourth-order valence-corrected chi connectivity index (χ4v) is 3.55. The normalized spacial score (nSPS) is 61.0. The molecule has 4 rings (SSSR count). The molecule has 0 spiro atoms. The summed E-state index contributed by atoms with van der Waals surface area (Å²) in [6.45, 7) is 0.